The van der Waals surface area contributed by atoms with Crippen LogP contribution in [0.4, 0.5) is 11.5 Å². The van der Waals surface area contributed by atoms with Gasteiger partial charge in [0.25, 0.3) is 5.69 Å². The fourth-order valence-corrected chi connectivity index (χ4v) is 1.66. The van der Waals surface area contributed by atoms with Crippen LogP contribution in [-0.2, 0) is 6.42 Å². The van der Waals surface area contributed by atoms with Crippen molar-refractivity contribution < 1.29 is 14.8 Å². The van der Waals surface area contributed by atoms with Gasteiger partial charge in [-0.25, -0.2) is 4.79 Å². The minimum absolute atomic E-state index is 0.0573. The van der Waals surface area contributed by atoms with Gasteiger partial charge in [0.05, 0.1) is 4.92 Å². The number of nitro benzene ring substituents is 1. The zero-order valence-electron chi connectivity index (χ0n) is 10.9. The number of nitrogens with zero attached hydrogens (tertiary/aromatic N) is 3. The Balaban J connectivity index is 1.86. The summed E-state index contributed by atoms with van der Waals surface area (Å²) in [6.45, 7) is 0.554. The van der Waals surface area contributed by atoms with Crippen molar-refractivity contribution >= 4 is 17.5 Å². The van der Waals surface area contributed by atoms with Crippen LogP contribution in [0.1, 0.15) is 16.1 Å². The van der Waals surface area contributed by atoms with Gasteiger partial charge in [0.15, 0.2) is 5.69 Å². The molecule has 0 spiro atoms. The van der Waals surface area contributed by atoms with E-state index in [1.54, 1.807) is 12.1 Å². The van der Waals surface area contributed by atoms with E-state index in [2.05, 4.69) is 15.5 Å². The van der Waals surface area contributed by atoms with Gasteiger partial charge in [0, 0.05) is 18.7 Å². The third-order valence-corrected chi connectivity index (χ3v) is 2.75. The number of nitro groups is 1. The molecule has 8 heteroatoms. The van der Waals surface area contributed by atoms with Crippen LogP contribution in [0.25, 0.3) is 0 Å². The first-order valence-electron chi connectivity index (χ1n) is 6.10. The number of hydrogen-bond acceptors (Lipinski definition) is 6. The van der Waals surface area contributed by atoms with E-state index in [4.69, 9.17) is 5.11 Å². The van der Waals surface area contributed by atoms with Crippen LogP contribution in [0.5, 0.6) is 0 Å². The number of non-ortho nitro benzene ring substituents is 1. The van der Waals surface area contributed by atoms with Crippen LogP contribution in [0.15, 0.2) is 36.4 Å². The highest BCUT2D eigenvalue weighted by Gasteiger charge is 2.05. The molecule has 2 N–H and O–H groups in total. The first-order chi connectivity index (χ1) is 10.1. The van der Waals surface area contributed by atoms with E-state index in [-0.39, 0.29) is 11.4 Å². The Hall–Kier alpha value is -3.03. The van der Waals surface area contributed by atoms with E-state index in [0.29, 0.717) is 18.8 Å². The maximum Gasteiger partial charge on any atom is 0.356 e. The number of rotatable bonds is 6. The second kappa shape index (κ2) is 6.42. The molecule has 0 aliphatic carbocycles. The van der Waals surface area contributed by atoms with Gasteiger partial charge in [-0.15, -0.1) is 10.2 Å². The van der Waals surface area contributed by atoms with Crippen LogP contribution in [0.3, 0.4) is 0 Å². The Kier molecular flexibility index (Phi) is 4.39. The zero-order valence-corrected chi connectivity index (χ0v) is 10.9. The van der Waals surface area contributed by atoms with Crippen molar-refractivity contribution in [3.05, 3.63) is 57.8 Å². The fraction of sp³-hybridized carbons (Fsp3) is 0.154. The predicted molar refractivity (Wildman–Crippen MR) is 74.3 cm³/mol. The number of aromatic nitrogens is 2. The smallest absolute Gasteiger partial charge is 0.356 e. The number of aromatic carboxylic acids is 1. The average Bonchev–Trinajstić information content (AvgIpc) is 2.48. The van der Waals surface area contributed by atoms with Gasteiger partial charge in [-0.2, -0.15) is 0 Å². The minimum Gasteiger partial charge on any atom is -0.476 e. The highest BCUT2D eigenvalue weighted by Crippen LogP contribution is 2.12. The van der Waals surface area contributed by atoms with Crippen LogP contribution < -0.4 is 5.32 Å². The monoisotopic (exact) mass is 288 g/mol. The molecule has 0 aliphatic rings. The third kappa shape index (κ3) is 3.96. The van der Waals surface area contributed by atoms with Crippen molar-refractivity contribution in [3.63, 3.8) is 0 Å². The Morgan fingerprint density at radius 2 is 1.90 bits per heavy atom. The summed E-state index contributed by atoms with van der Waals surface area (Å²) in [7, 11) is 0. The van der Waals surface area contributed by atoms with Crippen LogP contribution >= 0.6 is 0 Å². The van der Waals surface area contributed by atoms with E-state index in [1.165, 1.54) is 24.3 Å². The summed E-state index contributed by atoms with van der Waals surface area (Å²) < 4.78 is 0. The maximum atomic E-state index is 10.6. The van der Waals surface area contributed by atoms with Crippen molar-refractivity contribution in [2.45, 2.75) is 6.42 Å². The van der Waals surface area contributed by atoms with Crippen molar-refractivity contribution in [2.24, 2.45) is 0 Å². The summed E-state index contributed by atoms with van der Waals surface area (Å²) in [5.74, 6) is -0.651. The van der Waals surface area contributed by atoms with Gasteiger partial charge in [-0.3, -0.25) is 10.1 Å². The normalized spacial score (nSPS) is 10.1. The summed E-state index contributed by atoms with van der Waals surface area (Å²) >= 11 is 0. The molecule has 1 aromatic heterocycles. The quantitative estimate of drug-likeness (QED) is 0.613. The first kappa shape index (κ1) is 14.4. The van der Waals surface area contributed by atoms with Crippen molar-refractivity contribution in [3.8, 4) is 0 Å². The van der Waals surface area contributed by atoms with Gasteiger partial charge in [0.2, 0.25) is 0 Å². The summed E-state index contributed by atoms with van der Waals surface area (Å²) in [4.78, 5) is 20.7. The molecule has 1 aromatic carbocycles. The zero-order chi connectivity index (χ0) is 15.2. The number of hydrogen-bond donors (Lipinski definition) is 2. The Morgan fingerprint density at radius 3 is 2.43 bits per heavy atom. The average molecular weight is 288 g/mol. The molecule has 1 heterocycles. The molecular weight excluding hydrogens is 276 g/mol. The lowest BCUT2D eigenvalue weighted by molar-refractivity contribution is -0.384. The van der Waals surface area contributed by atoms with Crippen molar-refractivity contribution in [2.75, 3.05) is 11.9 Å². The number of anilines is 1. The van der Waals surface area contributed by atoms with Gasteiger partial charge < -0.3 is 10.4 Å². The molecule has 21 heavy (non-hydrogen) atoms. The second-order valence-electron chi connectivity index (χ2n) is 4.21. The standard InChI is InChI=1S/C13H12N4O4/c18-13(19)11-5-6-12(16-15-11)14-8-7-9-1-3-10(4-2-9)17(20)21/h1-6H,7-8H2,(H,14,16)(H,18,19). The fourth-order valence-electron chi connectivity index (χ4n) is 1.66. The lowest BCUT2D eigenvalue weighted by atomic mass is 10.1. The Morgan fingerprint density at radius 1 is 1.19 bits per heavy atom. The molecule has 0 unspecified atom stereocenters. The largest absolute Gasteiger partial charge is 0.476 e. The van der Waals surface area contributed by atoms with Gasteiger partial charge in [-0.1, -0.05) is 12.1 Å². The molecule has 2 aromatic rings. The molecular formula is C13H12N4O4. The molecule has 0 saturated heterocycles. The molecule has 0 amide bonds. The lowest BCUT2D eigenvalue weighted by Crippen LogP contribution is -2.09. The van der Waals surface area contributed by atoms with Crippen molar-refractivity contribution in [1.29, 1.82) is 0 Å². The van der Waals surface area contributed by atoms with E-state index in [9.17, 15) is 14.9 Å². The molecule has 8 nitrogen and oxygen atoms in total. The number of nitrogens with one attached hydrogen (secondary N) is 1. The van der Waals surface area contributed by atoms with E-state index in [0.717, 1.165) is 5.56 Å². The summed E-state index contributed by atoms with van der Waals surface area (Å²) in [5, 5.41) is 29.5. The van der Waals surface area contributed by atoms with Gasteiger partial charge in [0.1, 0.15) is 5.82 Å². The number of carboxylic acids is 1. The maximum absolute atomic E-state index is 10.6. The van der Waals surface area contributed by atoms with Gasteiger partial charge in [-0.05, 0) is 24.1 Å². The Bertz CT molecular complexity index is 583. The summed E-state index contributed by atoms with van der Waals surface area (Å²) in [5.41, 5.74) is 0.890. The molecule has 0 fully saturated rings. The number of carboxylic acid groups (broad SMARTS) is 1. The highest BCUT2D eigenvalue weighted by molar-refractivity contribution is 5.85. The molecule has 0 aliphatic heterocycles. The molecule has 0 saturated carbocycles. The van der Waals surface area contributed by atoms with E-state index in [1.807, 2.05) is 0 Å². The topological polar surface area (TPSA) is 118 Å². The first-order valence-corrected chi connectivity index (χ1v) is 6.10. The molecule has 0 bridgehead atoms. The summed E-state index contributed by atoms with van der Waals surface area (Å²) in [6, 6.07) is 9.20. The minimum atomic E-state index is -1.13. The van der Waals surface area contributed by atoms with Gasteiger partial charge >= 0.3 is 5.97 Å². The van der Waals surface area contributed by atoms with Crippen LogP contribution in [0, 0.1) is 10.1 Å². The van der Waals surface area contributed by atoms with E-state index >= 15 is 0 Å². The number of carbonyl (C=O) groups is 1. The molecule has 2 rings (SSSR count). The SMILES string of the molecule is O=C(O)c1ccc(NCCc2ccc([N+](=O)[O-])cc2)nn1. The Labute approximate surface area is 119 Å². The highest BCUT2D eigenvalue weighted by atomic mass is 16.6. The van der Waals surface area contributed by atoms with Crippen LogP contribution in [-0.4, -0.2) is 32.7 Å². The molecule has 108 valence electrons. The molecule has 0 radical (unpaired) electrons. The third-order valence-electron chi connectivity index (χ3n) is 2.75. The predicted octanol–water partition coefficient (Wildman–Crippen LogP) is 1.74. The van der Waals surface area contributed by atoms with Crippen LogP contribution in [0.2, 0.25) is 0 Å². The van der Waals surface area contributed by atoms with Crippen molar-refractivity contribution in [1.82, 2.24) is 10.2 Å². The van der Waals surface area contributed by atoms with E-state index < -0.39 is 10.9 Å². The summed E-state index contributed by atoms with van der Waals surface area (Å²) in [6.07, 6.45) is 0.653. The number of benzene rings is 1. The second-order valence-corrected chi connectivity index (χ2v) is 4.21. The lowest BCUT2D eigenvalue weighted by Gasteiger charge is -2.05. The molecule has 0 atom stereocenters.